The van der Waals surface area contributed by atoms with Crippen LogP contribution in [-0.2, 0) is 6.18 Å². The SMILES string of the molecule is CCC1(CNC(C)c2cccc(C(F)(F)F)c2)CCCC1. The Morgan fingerprint density at radius 2 is 1.90 bits per heavy atom. The molecule has 1 aliphatic carbocycles. The molecule has 0 heterocycles. The highest BCUT2D eigenvalue weighted by Crippen LogP contribution is 2.40. The lowest BCUT2D eigenvalue weighted by atomic mass is 9.83. The lowest BCUT2D eigenvalue weighted by Gasteiger charge is -2.30. The fourth-order valence-electron chi connectivity index (χ4n) is 3.25. The van der Waals surface area contributed by atoms with Gasteiger partial charge in [-0.2, -0.15) is 13.2 Å². The predicted octanol–water partition coefficient (Wildman–Crippen LogP) is 5.33. The summed E-state index contributed by atoms with van der Waals surface area (Å²) in [5.41, 5.74) is 0.476. The largest absolute Gasteiger partial charge is 0.416 e. The van der Waals surface area contributed by atoms with Crippen molar-refractivity contribution in [2.45, 2.75) is 58.2 Å². The molecule has 2 rings (SSSR count). The maximum atomic E-state index is 12.8. The summed E-state index contributed by atoms with van der Waals surface area (Å²) in [7, 11) is 0. The van der Waals surface area contributed by atoms with Gasteiger partial charge in [-0.05, 0) is 49.3 Å². The van der Waals surface area contributed by atoms with E-state index in [4.69, 9.17) is 0 Å². The summed E-state index contributed by atoms with van der Waals surface area (Å²) in [6.07, 6.45) is 1.86. The molecule has 1 aromatic carbocycles. The van der Waals surface area contributed by atoms with Crippen LogP contribution in [0, 0.1) is 5.41 Å². The zero-order valence-corrected chi connectivity index (χ0v) is 12.8. The fourth-order valence-corrected chi connectivity index (χ4v) is 3.25. The minimum Gasteiger partial charge on any atom is -0.310 e. The van der Waals surface area contributed by atoms with Crippen LogP contribution in [0.1, 0.15) is 63.1 Å². The normalized spacial score (nSPS) is 19.7. The molecule has 118 valence electrons. The predicted molar refractivity (Wildman–Crippen MR) is 79.1 cm³/mol. The van der Waals surface area contributed by atoms with Crippen molar-refractivity contribution in [2.24, 2.45) is 5.41 Å². The van der Waals surface area contributed by atoms with Crippen molar-refractivity contribution in [3.05, 3.63) is 35.4 Å². The van der Waals surface area contributed by atoms with E-state index in [1.54, 1.807) is 6.07 Å². The van der Waals surface area contributed by atoms with Crippen LogP contribution in [0.4, 0.5) is 13.2 Å². The zero-order valence-electron chi connectivity index (χ0n) is 12.8. The third-order valence-corrected chi connectivity index (χ3v) is 4.91. The van der Waals surface area contributed by atoms with E-state index in [0.29, 0.717) is 11.0 Å². The summed E-state index contributed by atoms with van der Waals surface area (Å²) in [6, 6.07) is 5.57. The molecule has 1 nitrogen and oxygen atoms in total. The van der Waals surface area contributed by atoms with E-state index >= 15 is 0 Å². The maximum absolute atomic E-state index is 12.8. The molecule has 0 saturated heterocycles. The average Bonchev–Trinajstić information content (AvgIpc) is 2.93. The molecule has 21 heavy (non-hydrogen) atoms. The van der Waals surface area contributed by atoms with Gasteiger partial charge in [-0.25, -0.2) is 0 Å². The quantitative estimate of drug-likeness (QED) is 0.775. The lowest BCUT2D eigenvalue weighted by Crippen LogP contribution is -2.33. The van der Waals surface area contributed by atoms with Crippen LogP contribution < -0.4 is 5.32 Å². The molecule has 1 aromatic rings. The third-order valence-electron chi connectivity index (χ3n) is 4.91. The standard InChI is InChI=1S/C17H24F3N/c1-3-16(9-4-5-10-16)12-21-13(2)14-7-6-8-15(11-14)17(18,19)20/h6-8,11,13,21H,3-5,9-10,12H2,1-2H3. The van der Waals surface area contributed by atoms with E-state index in [9.17, 15) is 13.2 Å². The molecular weight excluding hydrogens is 275 g/mol. The van der Waals surface area contributed by atoms with Crippen molar-refractivity contribution in [3.8, 4) is 0 Å². The molecule has 1 N–H and O–H groups in total. The first kappa shape index (κ1) is 16.3. The van der Waals surface area contributed by atoms with Gasteiger partial charge in [0.25, 0.3) is 0 Å². The van der Waals surface area contributed by atoms with E-state index in [1.165, 1.54) is 37.8 Å². The second-order valence-electron chi connectivity index (χ2n) is 6.29. The van der Waals surface area contributed by atoms with E-state index in [-0.39, 0.29) is 6.04 Å². The van der Waals surface area contributed by atoms with Gasteiger partial charge < -0.3 is 5.32 Å². The number of rotatable bonds is 5. The highest BCUT2D eigenvalue weighted by atomic mass is 19.4. The first-order chi connectivity index (χ1) is 9.86. The van der Waals surface area contributed by atoms with Crippen LogP contribution in [0.5, 0.6) is 0 Å². The molecule has 0 bridgehead atoms. The Morgan fingerprint density at radius 3 is 2.48 bits per heavy atom. The van der Waals surface area contributed by atoms with E-state index < -0.39 is 11.7 Å². The summed E-state index contributed by atoms with van der Waals surface area (Å²) < 4.78 is 38.3. The molecule has 0 aliphatic heterocycles. The molecule has 1 aliphatic rings. The Kier molecular flexibility index (Phi) is 4.97. The van der Waals surface area contributed by atoms with Crippen molar-refractivity contribution < 1.29 is 13.2 Å². The van der Waals surface area contributed by atoms with Crippen LogP contribution in [0.25, 0.3) is 0 Å². The summed E-state index contributed by atoms with van der Waals surface area (Å²) in [4.78, 5) is 0. The molecule has 0 aromatic heterocycles. The first-order valence-electron chi connectivity index (χ1n) is 7.77. The molecule has 4 heteroatoms. The van der Waals surface area contributed by atoms with Crippen LogP contribution in [-0.4, -0.2) is 6.54 Å². The maximum Gasteiger partial charge on any atom is 0.416 e. The zero-order chi connectivity index (χ0) is 15.5. The number of halogens is 3. The van der Waals surface area contributed by atoms with Gasteiger partial charge in [0.05, 0.1) is 5.56 Å². The molecule has 1 unspecified atom stereocenters. The Morgan fingerprint density at radius 1 is 1.24 bits per heavy atom. The summed E-state index contributed by atoms with van der Waals surface area (Å²) >= 11 is 0. The Labute approximate surface area is 124 Å². The van der Waals surface area contributed by atoms with Gasteiger partial charge in [0.2, 0.25) is 0 Å². The number of hydrogen-bond acceptors (Lipinski definition) is 1. The van der Waals surface area contributed by atoms with Crippen molar-refractivity contribution >= 4 is 0 Å². The van der Waals surface area contributed by atoms with Crippen LogP contribution >= 0.6 is 0 Å². The van der Waals surface area contributed by atoms with Gasteiger partial charge in [0.1, 0.15) is 0 Å². The topological polar surface area (TPSA) is 12.0 Å². The van der Waals surface area contributed by atoms with E-state index in [1.807, 2.05) is 6.92 Å². The van der Waals surface area contributed by atoms with E-state index in [0.717, 1.165) is 19.0 Å². The molecule has 0 spiro atoms. The number of hydrogen-bond donors (Lipinski definition) is 1. The highest BCUT2D eigenvalue weighted by Gasteiger charge is 2.33. The summed E-state index contributed by atoms with van der Waals surface area (Å²) in [6.45, 7) is 5.04. The number of alkyl halides is 3. The van der Waals surface area contributed by atoms with Crippen molar-refractivity contribution in [3.63, 3.8) is 0 Å². The van der Waals surface area contributed by atoms with Gasteiger partial charge >= 0.3 is 6.18 Å². The van der Waals surface area contributed by atoms with Crippen LogP contribution in [0.2, 0.25) is 0 Å². The van der Waals surface area contributed by atoms with Crippen molar-refractivity contribution in [1.82, 2.24) is 5.32 Å². The second kappa shape index (κ2) is 6.39. The molecular formula is C17H24F3N. The number of nitrogens with one attached hydrogen (secondary N) is 1. The summed E-state index contributed by atoms with van der Waals surface area (Å²) in [5.74, 6) is 0. The van der Waals surface area contributed by atoms with E-state index in [2.05, 4.69) is 12.2 Å². The monoisotopic (exact) mass is 299 g/mol. The minimum atomic E-state index is -4.27. The first-order valence-corrected chi connectivity index (χ1v) is 7.77. The van der Waals surface area contributed by atoms with Crippen molar-refractivity contribution in [1.29, 1.82) is 0 Å². The average molecular weight is 299 g/mol. The Hall–Kier alpha value is -1.03. The Balaban J connectivity index is 2.02. The summed E-state index contributed by atoms with van der Waals surface area (Å²) in [5, 5.41) is 3.44. The molecule has 1 saturated carbocycles. The van der Waals surface area contributed by atoms with Gasteiger partial charge in [-0.3, -0.25) is 0 Å². The van der Waals surface area contributed by atoms with Crippen molar-refractivity contribution in [2.75, 3.05) is 6.54 Å². The Bertz CT molecular complexity index is 461. The molecule has 1 atom stereocenters. The molecule has 0 amide bonds. The van der Waals surface area contributed by atoms with Gasteiger partial charge in [0.15, 0.2) is 0 Å². The highest BCUT2D eigenvalue weighted by molar-refractivity contribution is 5.27. The van der Waals surface area contributed by atoms with Gasteiger partial charge in [0, 0.05) is 12.6 Å². The van der Waals surface area contributed by atoms with Crippen LogP contribution in [0.15, 0.2) is 24.3 Å². The smallest absolute Gasteiger partial charge is 0.310 e. The van der Waals surface area contributed by atoms with Gasteiger partial charge in [-0.15, -0.1) is 0 Å². The fraction of sp³-hybridized carbons (Fsp3) is 0.647. The lowest BCUT2D eigenvalue weighted by molar-refractivity contribution is -0.137. The van der Waals surface area contributed by atoms with Crippen LogP contribution in [0.3, 0.4) is 0 Å². The second-order valence-corrected chi connectivity index (χ2v) is 6.29. The molecule has 1 fully saturated rings. The van der Waals surface area contributed by atoms with Gasteiger partial charge in [-0.1, -0.05) is 31.9 Å². The minimum absolute atomic E-state index is 0.0590. The number of benzene rings is 1. The third kappa shape index (κ3) is 4.00. The molecule has 0 radical (unpaired) electrons.